The van der Waals surface area contributed by atoms with Gasteiger partial charge in [-0.1, -0.05) is 0 Å². The van der Waals surface area contributed by atoms with Crippen molar-refractivity contribution in [3.05, 3.63) is 0 Å². The summed E-state index contributed by atoms with van der Waals surface area (Å²) < 4.78 is 4.65. The maximum absolute atomic E-state index is 9.94. The quantitative estimate of drug-likeness (QED) is 0.336. The molecule has 0 radical (unpaired) electrons. The zero-order valence-corrected chi connectivity index (χ0v) is 7.66. The van der Waals surface area contributed by atoms with Gasteiger partial charge in [-0.15, -0.1) is 24.7 Å². The zero-order valence-electron chi connectivity index (χ0n) is 7.66. The molecule has 0 N–H and O–H groups in total. The number of hydrogen-bond acceptors (Lipinski definition) is 2. The van der Waals surface area contributed by atoms with Crippen LogP contribution in [0, 0.1) is 30.6 Å². The minimum atomic E-state index is 0.253. The molecule has 0 aromatic carbocycles. The summed E-state index contributed by atoms with van der Waals surface area (Å²) in [6, 6.07) is 0. The minimum absolute atomic E-state index is 0.253. The Morgan fingerprint density at radius 3 is 2.69 bits per heavy atom. The second-order valence-electron chi connectivity index (χ2n) is 2.80. The lowest BCUT2D eigenvalue weighted by molar-refractivity contribution is -0.130. The first-order chi connectivity index (χ1) is 6.35. The van der Waals surface area contributed by atoms with Crippen LogP contribution in [0.4, 0.5) is 0 Å². The van der Waals surface area contributed by atoms with Gasteiger partial charge in [0.05, 0.1) is 6.61 Å². The lowest BCUT2D eigenvalue weighted by Crippen LogP contribution is -2.08. The van der Waals surface area contributed by atoms with Crippen LogP contribution in [-0.2, 0) is 9.53 Å². The van der Waals surface area contributed by atoms with Crippen LogP contribution in [0.15, 0.2) is 0 Å². The van der Waals surface area contributed by atoms with Crippen LogP contribution in [0.5, 0.6) is 0 Å². The lowest BCUT2D eigenvalue weighted by atomic mass is 10.00. The molecular weight excluding hydrogens is 164 g/mol. The third kappa shape index (κ3) is 6.97. The van der Waals surface area contributed by atoms with E-state index in [1.54, 1.807) is 0 Å². The Labute approximate surface area is 79.7 Å². The molecule has 70 valence electrons. The van der Waals surface area contributed by atoms with Gasteiger partial charge in [0.15, 0.2) is 0 Å². The molecule has 0 saturated heterocycles. The molecule has 0 aliphatic carbocycles. The van der Waals surface area contributed by atoms with Crippen molar-refractivity contribution in [1.82, 2.24) is 0 Å². The average molecular weight is 178 g/mol. The molecule has 2 heteroatoms. The molecule has 0 bridgehead atoms. The van der Waals surface area contributed by atoms with Gasteiger partial charge in [-0.2, -0.15) is 0 Å². The summed E-state index contributed by atoms with van der Waals surface area (Å²) >= 11 is 0. The van der Waals surface area contributed by atoms with E-state index in [0.717, 1.165) is 19.3 Å². The first-order valence-corrected chi connectivity index (χ1v) is 4.27. The number of terminal acetylenes is 2. The summed E-state index contributed by atoms with van der Waals surface area (Å²) in [4.78, 5) is 9.94. The van der Waals surface area contributed by atoms with Crippen LogP contribution in [0.3, 0.4) is 0 Å². The van der Waals surface area contributed by atoms with E-state index in [0.29, 0.717) is 19.5 Å². The molecule has 0 aromatic heterocycles. The molecule has 0 aliphatic heterocycles. The van der Waals surface area contributed by atoms with E-state index < -0.39 is 0 Å². The van der Waals surface area contributed by atoms with Crippen molar-refractivity contribution < 1.29 is 9.53 Å². The first kappa shape index (κ1) is 11.6. The number of hydrogen-bond donors (Lipinski definition) is 0. The van der Waals surface area contributed by atoms with Crippen LogP contribution in [-0.4, -0.2) is 13.1 Å². The van der Waals surface area contributed by atoms with E-state index >= 15 is 0 Å². The predicted molar refractivity (Wildman–Crippen MR) is 51.6 cm³/mol. The largest absolute Gasteiger partial charge is 0.468 e. The third-order valence-corrected chi connectivity index (χ3v) is 1.74. The molecule has 0 rings (SSSR count). The highest BCUT2D eigenvalue weighted by molar-refractivity contribution is 5.36. The van der Waals surface area contributed by atoms with Crippen molar-refractivity contribution in [1.29, 1.82) is 0 Å². The van der Waals surface area contributed by atoms with Crippen LogP contribution in [0.25, 0.3) is 0 Å². The predicted octanol–water partition coefficient (Wildman–Crippen LogP) is 1.60. The van der Waals surface area contributed by atoms with Gasteiger partial charge >= 0.3 is 0 Å². The maximum atomic E-state index is 9.94. The number of unbranched alkanes of at least 4 members (excludes halogenated alkanes) is 1. The molecule has 0 saturated carbocycles. The second-order valence-corrected chi connectivity index (χ2v) is 2.80. The number of carbonyl (C=O) groups excluding carboxylic acids is 1. The highest BCUT2D eigenvalue weighted by atomic mass is 16.5. The number of carbonyl (C=O) groups is 1. The molecule has 1 atom stereocenters. The summed E-state index contributed by atoms with van der Waals surface area (Å²) in [6.45, 7) is 0.850. The van der Waals surface area contributed by atoms with E-state index in [2.05, 4.69) is 16.6 Å². The Balaban J connectivity index is 3.61. The molecule has 0 fully saturated rings. The van der Waals surface area contributed by atoms with Crippen LogP contribution in [0.1, 0.15) is 25.7 Å². The Kier molecular flexibility index (Phi) is 7.74. The van der Waals surface area contributed by atoms with Crippen molar-refractivity contribution in [2.45, 2.75) is 25.7 Å². The summed E-state index contributed by atoms with van der Waals surface area (Å²) in [5.74, 6) is 5.37. The van der Waals surface area contributed by atoms with Gasteiger partial charge in [-0.3, -0.25) is 4.79 Å². The lowest BCUT2D eigenvalue weighted by Gasteiger charge is -2.11. The minimum Gasteiger partial charge on any atom is -0.468 e. The molecule has 2 nitrogen and oxygen atoms in total. The van der Waals surface area contributed by atoms with Crippen LogP contribution >= 0.6 is 0 Å². The Morgan fingerprint density at radius 1 is 1.38 bits per heavy atom. The van der Waals surface area contributed by atoms with Gasteiger partial charge in [-0.25, -0.2) is 0 Å². The van der Waals surface area contributed by atoms with Crippen molar-refractivity contribution in [3.63, 3.8) is 0 Å². The van der Waals surface area contributed by atoms with Gasteiger partial charge in [-0.05, 0) is 12.8 Å². The van der Waals surface area contributed by atoms with E-state index in [1.807, 2.05) is 0 Å². The second kappa shape index (κ2) is 8.68. The van der Waals surface area contributed by atoms with Gasteiger partial charge < -0.3 is 4.74 Å². The Hall–Kier alpha value is -1.41. The fourth-order valence-corrected chi connectivity index (χ4v) is 1.08. The van der Waals surface area contributed by atoms with Crippen LogP contribution < -0.4 is 0 Å². The van der Waals surface area contributed by atoms with Crippen molar-refractivity contribution in [3.8, 4) is 24.7 Å². The monoisotopic (exact) mass is 178 g/mol. The molecular formula is C11H14O2. The van der Waals surface area contributed by atoms with Crippen molar-refractivity contribution in [2.75, 3.05) is 6.61 Å². The molecule has 0 spiro atoms. The molecule has 0 aliphatic rings. The Morgan fingerprint density at radius 2 is 2.15 bits per heavy atom. The first-order valence-electron chi connectivity index (χ1n) is 4.27. The normalized spacial score (nSPS) is 10.9. The van der Waals surface area contributed by atoms with E-state index in [9.17, 15) is 4.79 Å². The van der Waals surface area contributed by atoms with Gasteiger partial charge in [0, 0.05) is 18.8 Å². The van der Waals surface area contributed by atoms with Gasteiger partial charge in [0.1, 0.15) is 0 Å². The molecule has 0 heterocycles. The summed E-state index contributed by atoms with van der Waals surface area (Å²) in [5, 5.41) is 0. The summed E-state index contributed by atoms with van der Waals surface area (Å²) in [6.07, 6.45) is 13.5. The van der Waals surface area contributed by atoms with Crippen molar-refractivity contribution >= 4 is 6.47 Å². The van der Waals surface area contributed by atoms with Crippen LogP contribution in [0.2, 0.25) is 0 Å². The molecule has 13 heavy (non-hydrogen) atoms. The van der Waals surface area contributed by atoms with E-state index in [4.69, 9.17) is 12.8 Å². The highest BCUT2D eigenvalue weighted by Gasteiger charge is 2.06. The topological polar surface area (TPSA) is 26.3 Å². The molecule has 0 aromatic rings. The maximum Gasteiger partial charge on any atom is 0.293 e. The number of rotatable bonds is 7. The van der Waals surface area contributed by atoms with Gasteiger partial charge in [0.2, 0.25) is 0 Å². The standard InChI is InChI=1S/C11H14O2/c1-3-5-6-8-11(7-4-2)9-13-10-12/h1-2,10-11H,5-9H2. The average Bonchev–Trinajstić information content (AvgIpc) is 2.14. The summed E-state index contributed by atoms with van der Waals surface area (Å²) in [7, 11) is 0. The fourth-order valence-electron chi connectivity index (χ4n) is 1.08. The number of ether oxygens (including phenoxy) is 1. The zero-order chi connectivity index (χ0) is 9.94. The third-order valence-electron chi connectivity index (χ3n) is 1.74. The van der Waals surface area contributed by atoms with Gasteiger partial charge in [0.25, 0.3) is 6.47 Å². The highest BCUT2D eigenvalue weighted by Crippen LogP contribution is 2.12. The van der Waals surface area contributed by atoms with E-state index in [1.165, 1.54) is 0 Å². The Bertz CT molecular complexity index is 207. The smallest absolute Gasteiger partial charge is 0.293 e. The SMILES string of the molecule is C#CCCCC(CC#C)COC=O. The summed E-state index contributed by atoms with van der Waals surface area (Å²) in [5.41, 5.74) is 0. The van der Waals surface area contributed by atoms with Crippen molar-refractivity contribution in [2.24, 2.45) is 5.92 Å². The fraction of sp³-hybridized carbons (Fsp3) is 0.545. The molecule has 0 amide bonds. The molecule has 1 unspecified atom stereocenters. The van der Waals surface area contributed by atoms with E-state index in [-0.39, 0.29) is 5.92 Å².